The van der Waals surface area contributed by atoms with Crippen LogP contribution in [0.1, 0.15) is 13.3 Å². The molecule has 0 aliphatic heterocycles. The molecule has 1 N–H and O–H groups in total. The second kappa shape index (κ2) is 9.13. The van der Waals surface area contributed by atoms with Crippen molar-refractivity contribution in [3.05, 3.63) is 59.4 Å². The highest BCUT2D eigenvalue weighted by atomic mass is 35.5. The maximum absolute atomic E-state index is 12.8. The van der Waals surface area contributed by atoms with Crippen LogP contribution in [-0.2, 0) is 4.79 Å². The zero-order chi connectivity index (χ0) is 17.4. The molecule has 0 saturated carbocycles. The molecule has 4 nitrogen and oxygen atoms in total. The van der Waals surface area contributed by atoms with Gasteiger partial charge in [-0.3, -0.25) is 4.79 Å². The van der Waals surface area contributed by atoms with Crippen LogP contribution in [0.4, 0.5) is 4.39 Å². The molecule has 2 rings (SSSR count). The van der Waals surface area contributed by atoms with Gasteiger partial charge in [0.05, 0.1) is 6.54 Å². The fourth-order valence-electron chi connectivity index (χ4n) is 2.01. The van der Waals surface area contributed by atoms with Gasteiger partial charge in [-0.15, -0.1) is 0 Å². The minimum absolute atomic E-state index is 0.222. The molecule has 0 radical (unpaired) electrons. The van der Waals surface area contributed by atoms with Crippen molar-refractivity contribution < 1.29 is 18.7 Å². The van der Waals surface area contributed by atoms with Gasteiger partial charge in [0.1, 0.15) is 23.9 Å². The number of carbonyl (C=O) groups excluding carboxylic acids is 1. The van der Waals surface area contributed by atoms with Crippen LogP contribution in [0.25, 0.3) is 0 Å². The van der Waals surface area contributed by atoms with E-state index >= 15 is 0 Å². The number of amides is 1. The average Bonchev–Trinajstić information content (AvgIpc) is 2.58. The van der Waals surface area contributed by atoms with Gasteiger partial charge in [0, 0.05) is 5.02 Å². The Morgan fingerprint density at radius 2 is 1.96 bits per heavy atom. The number of rotatable bonds is 8. The smallest absolute Gasteiger partial charge is 0.261 e. The molecule has 0 bridgehead atoms. The van der Waals surface area contributed by atoms with Gasteiger partial charge in [-0.2, -0.15) is 0 Å². The SMILES string of the molecule is CC[C@@H](Oc1cccc(Cl)c1)C(=O)NCCOc1ccc(F)cc1. The third kappa shape index (κ3) is 5.74. The number of hydrogen-bond donors (Lipinski definition) is 1. The second-order valence-electron chi connectivity index (χ2n) is 5.07. The first kappa shape index (κ1) is 18.1. The lowest BCUT2D eigenvalue weighted by molar-refractivity contribution is -0.128. The minimum Gasteiger partial charge on any atom is -0.492 e. The van der Waals surface area contributed by atoms with Crippen LogP contribution in [0.5, 0.6) is 11.5 Å². The first-order chi connectivity index (χ1) is 11.6. The number of benzene rings is 2. The van der Waals surface area contributed by atoms with E-state index in [-0.39, 0.29) is 18.3 Å². The van der Waals surface area contributed by atoms with Crippen molar-refractivity contribution in [1.82, 2.24) is 5.32 Å². The van der Waals surface area contributed by atoms with Crippen LogP contribution in [0.2, 0.25) is 5.02 Å². The summed E-state index contributed by atoms with van der Waals surface area (Å²) >= 11 is 5.90. The summed E-state index contributed by atoms with van der Waals surface area (Å²) in [7, 11) is 0. The Bertz CT molecular complexity index is 664. The Morgan fingerprint density at radius 1 is 1.21 bits per heavy atom. The van der Waals surface area contributed by atoms with Crippen molar-refractivity contribution in [2.45, 2.75) is 19.4 Å². The van der Waals surface area contributed by atoms with Crippen molar-refractivity contribution in [3.8, 4) is 11.5 Å². The summed E-state index contributed by atoms with van der Waals surface area (Å²) in [4.78, 5) is 12.1. The van der Waals surface area contributed by atoms with E-state index in [1.54, 1.807) is 24.3 Å². The zero-order valence-electron chi connectivity index (χ0n) is 13.3. The van der Waals surface area contributed by atoms with E-state index in [4.69, 9.17) is 21.1 Å². The number of nitrogens with one attached hydrogen (secondary N) is 1. The highest BCUT2D eigenvalue weighted by Gasteiger charge is 2.17. The third-order valence-electron chi connectivity index (χ3n) is 3.22. The molecule has 0 unspecified atom stereocenters. The van der Waals surface area contributed by atoms with Crippen LogP contribution in [0.3, 0.4) is 0 Å². The third-order valence-corrected chi connectivity index (χ3v) is 3.46. The van der Waals surface area contributed by atoms with E-state index in [9.17, 15) is 9.18 Å². The molecule has 0 heterocycles. The highest BCUT2D eigenvalue weighted by molar-refractivity contribution is 6.30. The summed E-state index contributed by atoms with van der Waals surface area (Å²) in [6.07, 6.45) is -0.0775. The standard InChI is InChI=1S/C18H19ClFNO3/c1-2-17(24-16-5-3-4-13(19)12-16)18(22)21-10-11-23-15-8-6-14(20)7-9-15/h3-9,12,17H,2,10-11H2,1H3,(H,21,22)/t17-/m1/s1. The number of ether oxygens (including phenoxy) is 2. The Balaban J connectivity index is 1.76. The molecule has 0 fully saturated rings. The molecule has 0 aliphatic carbocycles. The van der Waals surface area contributed by atoms with Crippen molar-refractivity contribution in [3.63, 3.8) is 0 Å². The van der Waals surface area contributed by atoms with Crippen LogP contribution in [0.15, 0.2) is 48.5 Å². The number of hydrogen-bond acceptors (Lipinski definition) is 3. The maximum atomic E-state index is 12.8. The van der Waals surface area contributed by atoms with Gasteiger partial charge in [-0.25, -0.2) is 4.39 Å². The van der Waals surface area contributed by atoms with E-state index in [2.05, 4.69) is 5.32 Å². The maximum Gasteiger partial charge on any atom is 0.261 e. The van der Waals surface area contributed by atoms with E-state index in [0.29, 0.717) is 29.5 Å². The lowest BCUT2D eigenvalue weighted by atomic mass is 10.2. The summed E-state index contributed by atoms with van der Waals surface area (Å²) < 4.78 is 23.9. The fourth-order valence-corrected chi connectivity index (χ4v) is 2.19. The summed E-state index contributed by atoms with van der Waals surface area (Å²) in [5.74, 6) is 0.555. The van der Waals surface area contributed by atoms with Gasteiger partial charge in [-0.05, 0) is 48.9 Å². The number of halogens is 2. The first-order valence-electron chi connectivity index (χ1n) is 7.67. The van der Waals surface area contributed by atoms with E-state index < -0.39 is 6.10 Å². The highest BCUT2D eigenvalue weighted by Crippen LogP contribution is 2.19. The molecule has 128 valence electrons. The van der Waals surface area contributed by atoms with Gasteiger partial charge in [-0.1, -0.05) is 24.6 Å². The monoisotopic (exact) mass is 351 g/mol. The van der Waals surface area contributed by atoms with Gasteiger partial charge >= 0.3 is 0 Å². The van der Waals surface area contributed by atoms with Gasteiger partial charge in [0.2, 0.25) is 0 Å². The lowest BCUT2D eigenvalue weighted by Crippen LogP contribution is -2.39. The predicted molar refractivity (Wildman–Crippen MR) is 91.1 cm³/mol. The molecule has 0 aromatic heterocycles. The van der Waals surface area contributed by atoms with Gasteiger partial charge in [0.15, 0.2) is 6.10 Å². The molecule has 2 aromatic carbocycles. The van der Waals surface area contributed by atoms with Crippen molar-refractivity contribution in [2.24, 2.45) is 0 Å². The van der Waals surface area contributed by atoms with Gasteiger partial charge < -0.3 is 14.8 Å². The predicted octanol–water partition coefficient (Wildman–Crippen LogP) is 3.83. The molecule has 6 heteroatoms. The molecule has 1 atom stereocenters. The van der Waals surface area contributed by atoms with E-state index in [1.807, 2.05) is 6.92 Å². The largest absolute Gasteiger partial charge is 0.492 e. The lowest BCUT2D eigenvalue weighted by Gasteiger charge is -2.17. The van der Waals surface area contributed by atoms with Crippen LogP contribution >= 0.6 is 11.6 Å². The molecule has 2 aromatic rings. The summed E-state index contributed by atoms with van der Waals surface area (Å²) in [6, 6.07) is 12.6. The van der Waals surface area contributed by atoms with Crippen molar-refractivity contribution >= 4 is 17.5 Å². The Morgan fingerprint density at radius 3 is 2.62 bits per heavy atom. The van der Waals surface area contributed by atoms with Crippen molar-refractivity contribution in [1.29, 1.82) is 0 Å². The van der Waals surface area contributed by atoms with E-state index in [0.717, 1.165) is 0 Å². The molecular weight excluding hydrogens is 333 g/mol. The molecule has 0 saturated heterocycles. The molecule has 24 heavy (non-hydrogen) atoms. The molecule has 0 aliphatic rings. The van der Waals surface area contributed by atoms with Crippen LogP contribution in [0, 0.1) is 5.82 Å². The molecular formula is C18H19ClFNO3. The second-order valence-corrected chi connectivity index (χ2v) is 5.50. The molecule has 0 spiro atoms. The summed E-state index contributed by atoms with van der Waals surface area (Å²) in [5.41, 5.74) is 0. The zero-order valence-corrected chi connectivity index (χ0v) is 14.1. The average molecular weight is 352 g/mol. The Labute approximate surface area is 145 Å². The van der Waals surface area contributed by atoms with Crippen LogP contribution in [-0.4, -0.2) is 25.2 Å². The number of carbonyl (C=O) groups is 1. The fraction of sp³-hybridized carbons (Fsp3) is 0.278. The Hall–Kier alpha value is -2.27. The van der Waals surface area contributed by atoms with Crippen LogP contribution < -0.4 is 14.8 Å². The summed E-state index contributed by atoms with van der Waals surface area (Å²) in [6.45, 7) is 2.47. The normalized spacial score (nSPS) is 11.6. The summed E-state index contributed by atoms with van der Waals surface area (Å²) in [5, 5.41) is 3.31. The van der Waals surface area contributed by atoms with Crippen molar-refractivity contribution in [2.75, 3.05) is 13.2 Å². The van der Waals surface area contributed by atoms with E-state index in [1.165, 1.54) is 24.3 Å². The molecule has 1 amide bonds. The topological polar surface area (TPSA) is 47.6 Å². The first-order valence-corrected chi connectivity index (χ1v) is 8.04. The minimum atomic E-state index is -0.603. The van der Waals surface area contributed by atoms with Gasteiger partial charge in [0.25, 0.3) is 5.91 Å². The Kier molecular flexibility index (Phi) is 6.88. The quantitative estimate of drug-likeness (QED) is 0.735.